The van der Waals surface area contributed by atoms with Gasteiger partial charge in [0.2, 0.25) is 0 Å². The Morgan fingerprint density at radius 1 is 1.50 bits per heavy atom. The van der Waals surface area contributed by atoms with Crippen LogP contribution in [-0.2, 0) is 9.47 Å². The third kappa shape index (κ3) is 1.71. The van der Waals surface area contributed by atoms with Crippen molar-refractivity contribution >= 4 is 6.09 Å². The van der Waals surface area contributed by atoms with Crippen LogP contribution in [0.4, 0.5) is 4.79 Å². The minimum Gasteiger partial charge on any atom is -0.447 e. The first-order valence-electron chi connectivity index (χ1n) is 5.21. The predicted octanol–water partition coefficient (Wildman–Crippen LogP) is 1.40. The van der Waals surface area contributed by atoms with Gasteiger partial charge in [0.15, 0.2) is 0 Å². The first-order valence-corrected chi connectivity index (χ1v) is 5.21. The fourth-order valence-electron chi connectivity index (χ4n) is 1.99. The van der Waals surface area contributed by atoms with Gasteiger partial charge in [0, 0.05) is 13.0 Å². The molecule has 1 unspecified atom stereocenters. The molecule has 2 heterocycles. The van der Waals surface area contributed by atoms with Gasteiger partial charge in [-0.05, 0) is 20.3 Å². The van der Waals surface area contributed by atoms with E-state index in [-0.39, 0.29) is 17.8 Å². The molecular formula is C10H17NO3. The van der Waals surface area contributed by atoms with E-state index >= 15 is 0 Å². The van der Waals surface area contributed by atoms with E-state index < -0.39 is 0 Å². The molecule has 1 amide bonds. The maximum atomic E-state index is 11.5. The third-order valence-corrected chi connectivity index (χ3v) is 2.88. The molecule has 4 nitrogen and oxygen atoms in total. The lowest BCUT2D eigenvalue weighted by molar-refractivity contribution is -0.136. The van der Waals surface area contributed by atoms with Gasteiger partial charge in [-0.2, -0.15) is 0 Å². The van der Waals surface area contributed by atoms with Crippen LogP contribution in [0.15, 0.2) is 0 Å². The fourth-order valence-corrected chi connectivity index (χ4v) is 1.99. The quantitative estimate of drug-likeness (QED) is 0.640. The van der Waals surface area contributed by atoms with Crippen molar-refractivity contribution in [3.05, 3.63) is 0 Å². The van der Waals surface area contributed by atoms with Crippen LogP contribution in [-0.4, -0.2) is 42.4 Å². The summed E-state index contributed by atoms with van der Waals surface area (Å²) < 4.78 is 10.6. The van der Waals surface area contributed by atoms with E-state index in [1.165, 1.54) is 0 Å². The van der Waals surface area contributed by atoms with Crippen LogP contribution < -0.4 is 0 Å². The van der Waals surface area contributed by atoms with Crippen molar-refractivity contribution < 1.29 is 14.3 Å². The predicted molar refractivity (Wildman–Crippen MR) is 51.1 cm³/mol. The van der Waals surface area contributed by atoms with Gasteiger partial charge < -0.3 is 14.4 Å². The zero-order valence-corrected chi connectivity index (χ0v) is 8.78. The summed E-state index contributed by atoms with van der Waals surface area (Å²) in [6, 6.07) is 0. The average Bonchev–Trinajstić information content (AvgIpc) is 2.45. The van der Waals surface area contributed by atoms with Gasteiger partial charge >= 0.3 is 6.09 Å². The Bertz CT molecular complexity index is 236. The molecule has 0 bridgehead atoms. The number of carbonyl (C=O) groups excluding carboxylic acids is 1. The van der Waals surface area contributed by atoms with Gasteiger partial charge in [0.05, 0.1) is 24.9 Å². The highest BCUT2D eigenvalue weighted by Crippen LogP contribution is 2.35. The summed E-state index contributed by atoms with van der Waals surface area (Å²) in [4.78, 5) is 13.3. The summed E-state index contributed by atoms with van der Waals surface area (Å²) in [5.74, 6) is 0. The van der Waals surface area contributed by atoms with E-state index in [0.29, 0.717) is 6.54 Å². The van der Waals surface area contributed by atoms with Gasteiger partial charge in [-0.1, -0.05) is 0 Å². The number of rotatable bonds is 1. The van der Waals surface area contributed by atoms with Crippen LogP contribution in [0.3, 0.4) is 0 Å². The topological polar surface area (TPSA) is 38.8 Å². The standard InChI is InChI=1S/C10H17NO3/c1-8(2)14-9(12)11-5-3-10(7-11)4-6-13-10/h8H,3-7H2,1-2H3. The Morgan fingerprint density at radius 2 is 2.21 bits per heavy atom. The second kappa shape index (κ2) is 3.42. The molecular weight excluding hydrogens is 182 g/mol. The number of nitrogens with zero attached hydrogens (tertiary/aromatic N) is 1. The van der Waals surface area contributed by atoms with E-state index in [9.17, 15) is 4.79 Å². The molecule has 2 saturated heterocycles. The second-order valence-corrected chi connectivity index (χ2v) is 4.39. The first kappa shape index (κ1) is 9.77. The van der Waals surface area contributed by atoms with Crippen LogP contribution in [0.1, 0.15) is 26.7 Å². The van der Waals surface area contributed by atoms with E-state index in [4.69, 9.17) is 9.47 Å². The smallest absolute Gasteiger partial charge is 0.410 e. The second-order valence-electron chi connectivity index (χ2n) is 4.39. The van der Waals surface area contributed by atoms with Crippen LogP contribution in [0.2, 0.25) is 0 Å². The Morgan fingerprint density at radius 3 is 2.64 bits per heavy atom. The summed E-state index contributed by atoms with van der Waals surface area (Å²) in [6.07, 6.45) is 1.80. The number of ether oxygens (including phenoxy) is 2. The number of likely N-dealkylation sites (tertiary alicyclic amines) is 1. The van der Waals surface area contributed by atoms with Crippen LogP contribution in [0.5, 0.6) is 0 Å². The largest absolute Gasteiger partial charge is 0.447 e. The van der Waals surface area contributed by atoms with Gasteiger partial charge in [-0.3, -0.25) is 0 Å². The zero-order chi connectivity index (χ0) is 10.2. The molecule has 0 aliphatic carbocycles. The highest BCUT2D eigenvalue weighted by atomic mass is 16.6. The molecule has 2 rings (SSSR count). The van der Waals surface area contributed by atoms with E-state index in [2.05, 4.69) is 0 Å². The molecule has 2 aliphatic heterocycles. The van der Waals surface area contributed by atoms with Crippen LogP contribution >= 0.6 is 0 Å². The number of amides is 1. The monoisotopic (exact) mass is 199 g/mol. The maximum absolute atomic E-state index is 11.5. The van der Waals surface area contributed by atoms with Crippen molar-refractivity contribution in [1.82, 2.24) is 4.90 Å². The summed E-state index contributed by atoms with van der Waals surface area (Å²) in [5, 5.41) is 0. The Hall–Kier alpha value is -0.770. The van der Waals surface area contributed by atoms with Crippen molar-refractivity contribution in [3.63, 3.8) is 0 Å². The minimum atomic E-state index is -0.202. The number of carbonyl (C=O) groups is 1. The summed E-state index contributed by atoms with van der Waals surface area (Å²) in [6.45, 7) is 6.05. The highest BCUT2D eigenvalue weighted by molar-refractivity contribution is 5.68. The van der Waals surface area contributed by atoms with Crippen molar-refractivity contribution in [3.8, 4) is 0 Å². The molecule has 1 atom stereocenters. The third-order valence-electron chi connectivity index (χ3n) is 2.88. The summed E-state index contributed by atoms with van der Waals surface area (Å²) in [7, 11) is 0. The van der Waals surface area contributed by atoms with E-state index in [0.717, 1.165) is 26.0 Å². The molecule has 80 valence electrons. The fraction of sp³-hybridized carbons (Fsp3) is 0.900. The summed E-state index contributed by atoms with van der Waals surface area (Å²) >= 11 is 0. The van der Waals surface area contributed by atoms with Crippen molar-refractivity contribution in [1.29, 1.82) is 0 Å². The number of hydrogen-bond acceptors (Lipinski definition) is 3. The molecule has 0 saturated carbocycles. The molecule has 2 fully saturated rings. The van der Waals surface area contributed by atoms with Gasteiger partial charge in [-0.25, -0.2) is 4.79 Å². The van der Waals surface area contributed by atoms with Crippen molar-refractivity contribution in [2.24, 2.45) is 0 Å². The molecule has 0 aromatic heterocycles. The average molecular weight is 199 g/mol. The lowest BCUT2D eigenvalue weighted by Crippen LogP contribution is -2.46. The molecule has 4 heteroatoms. The molecule has 2 aliphatic rings. The zero-order valence-electron chi connectivity index (χ0n) is 8.78. The Balaban J connectivity index is 1.85. The molecule has 0 radical (unpaired) electrons. The summed E-state index contributed by atoms with van der Waals surface area (Å²) in [5.41, 5.74) is -0.0179. The normalized spacial score (nSPS) is 30.9. The van der Waals surface area contributed by atoms with Crippen molar-refractivity contribution in [2.75, 3.05) is 19.7 Å². The lowest BCUT2D eigenvalue weighted by Gasteiger charge is -2.38. The number of hydrogen-bond donors (Lipinski definition) is 0. The molecule has 0 aromatic rings. The highest BCUT2D eigenvalue weighted by Gasteiger charge is 2.46. The Labute approximate surface area is 84.2 Å². The molecule has 14 heavy (non-hydrogen) atoms. The SMILES string of the molecule is CC(C)OC(=O)N1CCC2(CCO2)C1. The lowest BCUT2D eigenvalue weighted by atomic mass is 9.94. The molecule has 1 spiro atoms. The van der Waals surface area contributed by atoms with Crippen LogP contribution in [0, 0.1) is 0 Å². The van der Waals surface area contributed by atoms with E-state index in [1.807, 2.05) is 13.8 Å². The van der Waals surface area contributed by atoms with Gasteiger partial charge in [0.1, 0.15) is 0 Å². The molecule has 0 N–H and O–H groups in total. The van der Waals surface area contributed by atoms with Gasteiger partial charge in [-0.15, -0.1) is 0 Å². The van der Waals surface area contributed by atoms with Gasteiger partial charge in [0.25, 0.3) is 0 Å². The van der Waals surface area contributed by atoms with E-state index in [1.54, 1.807) is 4.90 Å². The Kier molecular flexibility index (Phi) is 2.39. The maximum Gasteiger partial charge on any atom is 0.410 e. The van der Waals surface area contributed by atoms with Crippen LogP contribution in [0.25, 0.3) is 0 Å². The minimum absolute atomic E-state index is 0.0179. The molecule has 0 aromatic carbocycles. The first-order chi connectivity index (χ1) is 6.61. The van der Waals surface area contributed by atoms with Crippen molar-refractivity contribution in [2.45, 2.75) is 38.4 Å².